The summed E-state index contributed by atoms with van der Waals surface area (Å²) in [6, 6.07) is 8.07. The average Bonchev–Trinajstić information content (AvgIpc) is 2.42. The number of amides is 1. The van der Waals surface area contributed by atoms with Crippen molar-refractivity contribution in [2.45, 2.75) is 11.8 Å². The van der Waals surface area contributed by atoms with Gasteiger partial charge >= 0.3 is 0 Å². The molecular weight excluding hydrogens is 436 g/mol. The number of nitrogens with zero attached hydrogens (tertiary/aromatic N) is 1. The van der Waals surface area contributed by atoms with Crippen molar-refractivity contribution >= 4 is 53.4 Å². The van der Waals surface area contributed by atoms with Crippen LogP contribution in [-0.4, -0.2) is 25.1 Å². The minimum Gasteiger partial charge on any atom is -0.309 e. The van der Waals surface area contributed by atoms with Crippen molar-refractivity contribution in [1.82, 2.24) is 4.98 Å². The molecule has 0 aliphatic carbocycles. The highest BCUT2D eigenvalue weighted by atomic mass is 79.9. The fraction of sp³-hybridized carbons (Fsp3) is 0.143. The smallest absolute Gasteiger partial charge is 0.241 e. The van der Waals surface area contributed by atoms with Crippen molar-refractivity contribution in [3.63, 3.8) is 0 Å². The van der Waals surface area contributed by atoms with Crippen LogP contribution in [0.4, 0.5) is 5.82 Å². The van der Waals surface area contributed by atoms with Crippen molar-refractivity contribution in [3.8, 4) is 0 Å². The van der Waals surface area contributed by atoms with E-state index in [0.29, 0.717) is 4.47 Å². The van der Waals surface area contributed by atoms with Crippen LogP contribution in [-0.2, 0) is 14.6 Å². The predicted octanol–water partition coefficient (Wildman–Crippen LogP) is 3.33. The summed E-state index contributed by atoms with van der Waals surface area (Å²) < 4.78 is 25.7. The quantitative estimate of drug-likeness (QED) is 0.779. The molecule has 116 valence electrons. The fourth-order valence-electron chi connectivity index (χ4n) is 1.68. The van der Waals surface area contributed by atoms with Crippen LogP contribution < -0.4 is 5.32 Å². The number of rotatable bonds is 4. The third-order valence-corrected chi connectivity index (χ3v) is 5.44. The molecule has 8 heteroatoms. The lowest BCUT2D eigenvalue weighted by Gasteiger charge is -2.08. The largest absolute Gasteiger partial charge is 0.309 e. The van der Waals surface area contributed by atoms with Gasteiger partial charge in [-0.2, -0.15) is 0 Å². The van der Waals surface area contributed by atoms with E-state index in [2.05, 4.69) is 42.2 Å². The minimum absolute atomic E-state index is 0.121. The Morgan fingerprint density at radius 3 is 2.45 bits per heavy atom. The summed E-state index contributed by atoms with van der Waals surface area (Å²) in [5.74, 6) is -1.01. The Bertz CT molecular complexity index is 805. The summed E-state index contributed by atoms with van der Waals surface area (Å²) in [7, 11) is -3.68. The number of aromatic nitrogens is 1. The summed E-state index contributed by atoms with van der Waals surface area (Å²) in [4.78, 5) is 16.1. The van der Waals surface area contributed by atoms with E-state index in [0.717, 1.165) is 10.0 Å². The first-order valence-corrected chi connectivity index (χ1v) is 9.42. The van der Waals surface area contributed by atoms with Crippen molar-refractivity contribution in [2.24, 2.45) is 0 Å². The number of benzene rings is 1. The van der Waals surface area contributed by atoms with Crippen LogP contribution in [0.15, 0.2) is 50.4 Å². The number of pyridine rings is 1. The van der Waals surface area contributed by atoms with Gasteiger partial charge in [-0.25, -0.2) is 13.4 Å². The van der Waals surface area contributed by atoms with Crippen LogP contribution >= 0.6 is 31.9 Å². The molecule has 1 heterocycles. The normalized spacial score (nSPS) is 11.2. The van der Waals surface area contributed by atoms with Gasteiger partial charge in [-0.05, 0) is 57.0 Å². The van der Waals surface area contributed by atoms with E-state index < -0.39 is 21.5 Å². The van der Waals surface area contributed by atoms with Gasteiger partial charge in [-0.1, -0.05) is 17.7 Å². The van der Waals surface area contributed by atoms with E-state index in [4.69, 9.17) is 0 Å². The van der Waals surface area contributed by atoms with Crippen molar-refractivity contribution in [1.29, 1.82) is 0 Å². The summed E-state index contributed by atoms with van der Waals surface area (Å²) in [6.07, 6.45) is 1.51. The lowest BCUT2D eigenvalue weighted by atomic mass is 10.2. The topological polar surface area (TPSA) is 76.1 Å². The van der Waals surface area contributed by atoms with Crippen molar-refractivity contribution in [2.75, 3.05) is 11.1 Å². The van der Waals surface area contributed by atoms with Crippen molar-refractivity contribution in [3.05, 3.63) is 51.0 Å². The monoisotopic (exact) mass is 446 g/mol. The number of hydrogen-bond donors (Lipinski definition) is 1. The highest BCUT2D eigenvalue weighted by Gasteiger charge is 2.20. The van der Waals surface area contributed by atoms with Crippen LogP contribution in [0.25, 0.3) is 0 Å². The first kappa shape index (κ1) is 17.1. The molecule has 0 saturated carbocycles. The third-order valence-electron chi connectivity index (χ3n) is 2.77. The Hall–Kier alpha value is -1.25. The molecule has 0 saturated heterocycles. The summed E-state index contributed by atoms with van der Waals surface area (Å²) in [6.45, 7) is 1.86. The molecule has 2 aromatic rings. The zero-order chi connectivity index (χ0) is 16.3. The van der Waals surface area contributed by atoms with Crippen LogP contribution in [0.5, 0.6) is 0 Å². The molecule has 2 rings (SSSR count). The highest BCUT2D eigenvalue weighted by molar-refractivity contribution is 9.11. The lowest BCUT2D eigenvalue weighted by Crippen LogP contribution is -2.23. The number of carbonyl (C=O) groups is 1. The standard InChI is InChI=1S/C14H12Br2N2O3S/c1-9-2-4-11(5-3-9)22(20,21)8-13(19)18-14-12(16)6-10(15)7-17-14/h2-7H,8H2,1H3,(H,17,18,19). The SMILES string of the molecule is Cc1ccc(S(=O)(=O)CC(=O)Nc2ncc(Br)cc2Br)cc1. The minimum atomic E-state index is -3.68. The maximum Gasteiger partial charge on any atom is 0.241 e. The van der Waals surface area contributed by atoms with Gasteiger partial charge in [0, 0.05) is 10.7 Å². The van der Waals surface area contributed by atoms with E-state index in [1.54, 1.807) is 18.2 Å². The number of nitrogens with one attached hydrogen (secondary N) is 1. The fourth-order valence-corrected chi connectivity index (χ4v) is 3.90. The lowest BCUT2D eigenvalue weighted by molar-refractivity contribution is -0.113. The van der Waals surface area contributed by atoms with Gasteiger partial charge in [0.15, 0.2) is 9.84 Å². The van der Waals surface area contributed by atoms with Crippen LogP contribution in [0.2, 0.25) is 0 Å². The zero-order valence-electron chi connectivity index (χ0n) is 11.5. The van der Waals surface area contributed by atoms with Crippen LogP contribution in [0, 0.1) is 6.92 Å². The molecule has 0 bridgehead atoms. The van der Waals surface area contributed by atoms with Crippen LogP contribution in [0.3, 0.4) is 0 Å². The van der Waals surface area contributed by atoms with E-state index in [1.165, 1.54) is 18.3 Å². The maximum absolute atomic E-state index is 12.2. The maximum atomic E-state index is 12.2. The van der Waals surface area contributed by atoms with E-state index in [1.807, 2.05) is 6.92 Å². The second kappa shape index (κ2) is 6.89. The zero-order valence-corrected chi connectivity index (χ0v) is 15.5. The molecule has 5 nitrogen and oxygen atoms in total. The Labute approximate surface area is 145 Å². The molecule has 22 heavy (non-hydrogen) atoms. The second-order valence-corrected chi connectivity index (χ2v) is 8.36. The van der Waals surface area contributed by atoms with Gasteiger partial charge in [-0.15, -0.1) is 0 Å². The Morgan fingerprint density at radius 1 is 1.23 bits per heavy atom. The van der Waals surface area contributed by atoms with Gasteiger partial charge in [0.05, 0.1) is 9.37 Å². The van der Waals surface area contributed by atoms with Gasteiger partial charge in [0.25, 0.3) is 0 Å². The second-order valence-electron chi connectivity index (χ2n) is 4.60. The number of hydrogen-bond acceptors (Lipinski definition) is 4. The summed E-state index contributed by atoms with van der Waals surface area (Å²) >= 11 is 6.50. The first-order valence-electron chi connectivity index (χ1n) is 6.18. The third kappa shape index (κ3) is 4.37. The highest BCUT2D eigenvalue weighted by Crippen LogP contribution is 2.23. The van der Waals surface area contributed by atoms with E-state index in [-0.39, 0.29) is 10.7 Å². The average molecular weight is 448 g/mol. The Kier molecular flexibility index (Phi) is 5.36. The van der Waals surface area contributed by atoms with Gasteiger partial charge in [-0.3, -0.25) is 4.79 Å². The molecule has 0 radical (unpaired) electrons. The number of halogens is 2. The Morgan fingerprint density at radius 2 is 1.86 bits per heavy atom. The molecule has 0 aliphatic heterocycles. The molecule has 0 unspecified atom stereocenters. The molecular formula is C14H12Br2N2O3S. The molecule has 0 aliphatic rings. The molecule has 0 atom stereocenters. The van der Waals surface area contributed by atoms with Gasteiger partial charge < -0.3 is 5.32 Å². The first-order chi connectivity index (χ1) is 10.3. The van der Waals surface area contributed by atoms with E-state index in [9.17, 15) is 13.2 Å². The number of anilines is 1. The predicted molar refractivity (Wildman–Crippen MR) is 91.5 cm³/mol. The summed E-state index contributed by atoms with van der Waals surface area (Å²) in [5.41, 5.74) is 0.950. The molecule has 0 spiro atoms. The molecule has 1 amide bonds. The number of carbonyl (C=O) groups excluding carboxylic acids is 1. The van der Waals surface area contributed by atoms with Gasteiger partial charge in [0.1, 0.15) is 11.6 Å². The van der Waals surface area contributed by atoms with Crippen molar-refractivity contribution < 1.29 is 13.2 Å². The van der Waals surface area contributed by atoms with Gasteiger partial charge in [0.2, 0.25) is 5.91 Å². The summed E-state index contributed by atoms with van der Waals surface area (Å²) in [5, 5.41) is 2.48. The molecule has 1 aromatic heterocycles. The molecule has 0 fully saturated rings. The Balaban J connectivity index is 2.12. The number of sulfone groups is 1. The van der Waals surface area contributed by atoms with E-state index >= 15 is 0 Å². The van der Waals surface area contributed by atoms with Crippen LogP contribution in [0.1, 0.15) is 5.56 Å². The molecule has 1 aromatic carbocycles. The number of aryl methyl sites for hydroxylation is 1. The molecule has 1 N–H and O–H groups in total.